The van der Waals surface area contributed by atoms with Crippen molar-refractivity contribution < 1.29 is 24.2 Å². The van der Waals surface area contributed by atoms with Crippen molar-refractivity contribution in [3.63, 3.8) is 0 Å². The number of hydrogen-bond acceptors (Lipinski definition) is 5. The van der Waals surface area contributed by atoms with Crippen LogP contribution in [0.2, 0.25) is 0 Å². The first kappa shape index (κ1) is 17.3. The smallest absolute Gasteiger partial charge is 0.339 e. The lowest BCUT2D eigenvalue weighted by Gasteiger charge is -2.18. The van der Waals surface area contributed by atoms with E-state index in [0.29, 0.717) is 36.1 Å². The molecule has 1 aromatic carbocycles. The van der Waals surface area contributed by atoms with Crippen LogP contribution in [0.1, 0.15) is 33.3 Å². The number of nitrogens with one attached hydrogen (secondary N) is 1. The van der Waals surface area contributed by atoms with E-state index in [-0.39, 0.29) is 17.9 Å². The first-order valence-electron chi connectivity index (χ1n) is 8.03. The molecule has 0 atom stereocenters. The zero-order chi connectivity index (χ0) is 18.0. The summed E-state index contributed by atoms with van der Waals surface area (Å²) in [5, 5.41) is 12.6. The Kier molecular flexibility index (Phi) is 4.94. The van der Waals surface area contributed by atoms with Crippen LogP contribution in [0.3, 0.4) is 0 Å². The molecule has 25 heavy (non-hydrogen) atoms. The molecule has 0 unspecified atom stereocenters. The summed E-state index contributed by atoms with van der Waals surface area (Å²) in [6, 6.07) is 5.37. The lowest BCUT2D eigenvalue weighted by Crippen LogP contribution is -2.17. The van der Waals surface area contributed by atoms with Crippen molar-refractivity contribution in [2.75, 3.05) is 18.5 Å². The van der Waals surface area contributed by atoms with Gasteiger partial charge in [-0.2, -0.15) is 0 Å². The summed E-state index contributed by atoms with van der Waals surface area (Å²) in [4.78, 5) is 24.8. The molecule has 2 aromatic rings. The number of carboxylic acids is 1. The summed E-state index contributed by atoms with van der Waals surface area (Å²) in [6.07, 6.45) is 0.746. The highest BCUT2D eigenvalue weighted by atomic mass is 32.1. The van der Waals surface area contributed by atoms with Crippen molar-refractivity contribution in [3.05, 3.63) is 39.8 Å². The van der Waals surface area contributed by atoms with Gasteiger partial charge in [0, 0.05) is 4.88 Å². The number of aryl methyl sites for hydroxylation is 1. The molecular weight excluding hydrogens is 342 g/mol. The number of amides is 1. The van der Waals surface area contributed by atoms with Gasteiger partial charge < -0.3 is 19.9 Å². The van der Waals surface area contributed by atoms with E-state index in [9.17, 15) is 14.7 Å². The molecule has 6 nitrogen and oxygen atoms in total. The quantitative estimate of drug-likeness (QED) is 0.854. The summed E-state index contributed by atoms with van der Waals surface area (Å²) in [6.45, 7) is 4.77. The molecule has 0 spiro atoms. The number of anilines is 1. The van der Waals surface area contributed by atoms with E-state index < -0.39 is 5.97 Å². The fourth-order valence-electron chi connectivity index (χ4n) is 2.87. The molecule has 0 radical (unpaired) electrons. The van der Waals surface area contributed by atoms with E-state index in [1.165, 1.54) is 11.3 Å². The van der Waals surface area contributed by atoms with Crippen LogP contribution >= 0.6 is 11.3 Å². The maximum Gasteiger partial charge on any atom is 0.339 e. The highest BCUT2D eigenvalue weighted by Crippen LogP contribution is 2.34. The van der Waals surface area contributed by atoms with E-state index >= 15 is 0 Å². The van der Waals surface area contributed by atoms with Gasteiger partial charge in [-0.15, -0.1) is 11.3 Å². The molecule has 2 N–H and O–H groups in total. The molecule has 0 bridgehead atoms. The normalized spacial score (nSPS) is 12.7. The first-order valence-corrected chi connectivity index (χ1v) is 8.85. The minimum Gasteiger partial charge on any atom is -0.486 e. The van der Waals surface area contributed by atoms with Crippen LogP contribution in [-0.2, 0) is 17.6 Å². The summed E-state index contributed by atoms with van der Waals surface area (Å²) in [7, 11) is 0. The minimum atomic E-state index is -1.02. The Morgan fingerprint density at radius 2 is 1.96 bits per heavy atom. The van der Waals surface area contributed by atoms with Crippen molar-refractivity contribution >= 4 is 28.2 Å². The molecule has 132 valence electrons. The van der Waals surface area contributed by atoms with E-state index in [1.807, 2.05) is 19.9 Å². The third-order valence-corrected chi connectivity index (χ3v) is 5.06. The fraction of sp³-hybridized carbons (Fsp3) is 0.333. The summed E-state index contributed by atoms with van der Waals surface area (Å²) in [5.41, 5.74) is 1.75. The molecule has 0 saturated heterocycles. The van der Waals surface area contributed by atoms with Gasteiger partial charge in [-0.25, -0.2) is 4.79 Å². The van der Waals surface area contributed by atoms with Gasteiger partial charge in [0.1, 0.15) is 18.2 Å². The number of carbonyl (C=O) groups excluding carboxylic acids is 1. The Hall–Kier alpha value is -2.54. The van der Waals surface area contributed by atoms with Crippen LogP contribution in [0.25, 0.3) is 0 Å². The van der Waals surface area contributed by atoms with Crippen LogP contribution < -0.4 is 14.8 Å². The van der Waals surface area contributed by atoms with Crippen LogP contribution in [0.15, 0.2) is 18.2 Å². The molecule has 7 heteroatoms. The van der Waals surface area contributed by atoms with Crippen molar-refractivity contribution in [2.24, 2.45) is 0 Å². The summed E-state index contributed by atoms with van der Waals surface area (Å²) in [5.74, 6) is 0.0203. The predicted molar refractivity (Wildman–Crippen MR) is 95.2 cm³/mol. The molecule has 1 aromatic heterocycles. The number of ether oxygens (including phenoxy) is 2. The van der Waals surface area contributed by atoms with Gasteiger partial charge in [0.25, 0.3) is 0 Å². The number of carboxylic acid groups (broad SMARTS) is 1. The number of carbonyl (C=O) groups is 2. The second kappa shape index (κ2) is 7.14. The van der Waals surface area contributed by atoms with Crippen LogP contribution in [-0.4, -0.2) is 30.2 Å². The summed E-state index contributed by atoms with van der Waals surface area (Å²) < 4.78 is 11.0. The second-order valence-corrected chi connectivity index (χ2v) is 6.93. The third-order valence-electron chi connectivity index (χ3n) is 4.00. The lowest BCUT2D eigenvalue weighted by molar-refractivity contribution is -0.115. The first-order chi connectivity index (χ1) is 12.0. The Labute approximate surface area is 149 Å². The van der Waals surface area contributed by atoms with Crippen LogP contribution in [0.4, 0.5) is 5.00 Å². The minimum absolute atomic E-state index is 0.133. The van der Waals surface area contributed by atoms with Crippen molar-refractivity contribution in [1.82, 2.24) is 0 Å². The highest BCUT2D eigenvalue weighted by molar-refractivity contribution is 7.16. The average molecular weight is 361 g/mol. The largest absolute Gasteiger partial charge is 0.486 e. The molecule has 0 fully saturated rings. The van der Waals surface area contributed by atoms with Crippen molar-refractivity contribution in [2.45, 2.75) is 26.7 Å². The number of aromatic carboxylic acids is 1. The maximum atomic E-state index is 12.4. The topological polar surface area (TPSA) is 84.9 Å². The van der Waals surface area contributed by atoms with E-state index in [1.54, 1.807) is 12.1 Å². The molecule has 2 heterocycles. The molecule has 1 amide bonds. The monoisotopic (exact) mass is 361 g/mol. The number of rotatable bonds is 5. The fourth-order valence-corrected chi connectivity index (χ4v) is 4.03. The van der Waals surface area contributed by atoms with E-state index in [0.717, 1.165) is 16.0 Å². The van der Waals surface area contributed by atoms with Gasteiger partial charge in [-0.3, -0.25) is 4.79 Å². The van der Waals surface area contributed by atoms with Gasteiger partial charge >= 0.3 is 5.97 Å². The van der Waals surface area contributed by atoms with Gasteiger partial charge in [0.05, 0.1) is 12.0 Å². The molecule has 1 aliphatic rings. The predicted octanol–water partition coefficient (Wildman–Crippen LogP) is 3.27. The number of fused-ring (bicyclic) bond motifs is 1. The Morgan fingerprint density at radius 3 is 2.64 bits per heavy atom. The molecule has 3 rings (SSSR count). The zero-order valence-corrected chi connectivity index (χ0v) is 14.9. The molecule has 0 saturated carbocycles. The standard InChI is InChI=1S/C18H19NO5S/c1-3-12-10(2)25-17(16(12)18(21)22)19-15(20)9-11-4-5-13-14(8-11)24-7-6-23-13/h4-5,8H,3,6-7,9H2,1-2H3,(H,19,20)(H,21,22). The molecule has 0 aliphatic carbocycles. The van der Waals surface area contributed by atoms with Gasteiger partial charge in [0.15, 0.2) is 11.5 Å². The van der Waals surface area contributed by atoms with Gasteiger partial charge in [0.2, 0.25) is 5.91 Å². The maximum absolute atomic E-state index is 12.4. The number of benzene rings is 1. The lowest BCUT2D eigenvalue weighted by atomic mass is 10.1. The average Bonchev–Trinajstić information content (AvgIpc) is 2.89. The van der Waals surface area contributed by atoms with E-state index in [2.05, 4.69) is 5.32 Å². The van der Waals surface area contributed by atoms with Gasteiger partial charge in [-0.05, 0) is 36.6 Å². The highest BCUT2D eigenvalue weighted by Gasteiger charge is 2.22. The Bertz CT molecular complexity index is 827. The van der Waals surface area contributed by atoms with E-state index in [4.69, 9.17) is 9.47 Å². The van der Waals surface area contributed by atoms with Gasteiger partial charge in [-0.1, -0.05) is 13.0 Å². The number of thiophene rings is 1. The number of hydrogen-bond donors (Lipinski definition) is 2. The van der Waals surface area contributed by atoms with Crippen molar-refractivity contribution in [3.8, 4) is 11.5 Å². The SMILES string of the molecule is CCc1c(C)sc(NC(=O)Cc2ccc3c(c2)OCCO3)c1C(=O)O. The summed E-state index contributed by atoms with van der Waals surface area (Å²) >= 11 is 1.30. The Balaban J connectivity index is 1.76. The second-order valence-electron chi connectivity index (χ2n) is 5.70. The van der Waals surface area contributed by atoms with Crippen LogP contribution in [0.5, 0.6) is 11.5 Å². The van der Waals surface area contributed by atoms with Crippen LogP contribution in [0, 0.1) is 6.92 Å². The third kappa shape index (κ3) is 3.61. The zero-order valence-electron chi connectivity index (χ0n) is 14.0. The Morgan fingerprint density at radius 1 is 1.24 bits per heavy atom. The molecule has 1 aliphatic heterocycles. The molecular formula is C18H19NO5S. The van der Waals surface area contributed by atoms with Crippen molar-refractivity contribution in [1.29, 1.82) is 0 Å².